The Balaban J connectivity index is 0.000000250. The van der Waals surface area contributed by atoms with Crippen LogP contribution in [0.2, 0.25) is 0 Å². The Morgan fingerprint density at radius 3 is 2.50 bits per heavy atom. The molecular formula is C5H5Ta+. The Hall–Kier alpha value is 0.220. The van der Waals surface area contributed by atoms with Crippen LogP contribution in [0.25, 0.3) is 0 Å². The molecule has 0 bridgehead atoms. The summed E-state index contributed by atoms with van der Waals surface area (Å²) in [6.45, 7) is 0. The molecule has 0 nitrogen and oxygen atoms in total. The van der Waals surface area contributed by atoms with Crippen molar-refractivity contribution in [2.45, 2.75) is 6.42 Å². The fraction of sp³-hybridized carbons (Fsp3) is 0.200. The van der Waals surface area contributed by atoms with Crippen molar-refractivity contribution in [2.75, 3.05) is 0 Å². The minimum atomic E-state index is 0. The van der Waals surface area contributed by atoms with Crippen LogP contribution >= 0.6 is 0 Å². The van der Waals surface area contributed by atoms with E-state index in [0.29, 0.717) is 0 Å². The van der Waals surface area contributed by atoms with E-state index in [1.807, 2.05) is 12.2 Å². The van der Waals surface area contributed by atoms with E-state index in [2.05, 4.69) is 12.2 Å². The molecule has 0 saturated heterocycles. The van der Waals surface area contributed by atoms with Crippen LogP contribution in [0, 0.1) is 6.08 Å². The maximum absolute atomic E-state index is 2.99. The average Bonchev–Trinajstić information content (AvgIpc) is 1.76. The zero-order valence-corrected chi connectivity index (χ0v) is 6.60. The topological polar surface area (TPSA) is 0 Å². The first-order chi connectivity index (χ1) is 2.50. The van der Waals surface area contributed by atoms with Crippen molar-refractivity contribution in [2.24, 2.45) is 0 Å². The molecule has 1 rings (SSSR count). The smallest absolute Gasteiger partial charge is 0.273 e. The second-order valence-corrected chi connectivity index (χ2v) is 1.00. The van der Waals surface area contributed by atoms with Gasteiger partial charge in [-0.25, -0.2) is 12.2 Å². The molecule has 1 radical (unpaired) electrons. The van der Waals surface area contributed by atoms with Crippen LogP contribution in [-0.4, -0.2) is 0 Å². The zero-order chi connectivity index (χ0) is 3.54. The predicted molar refractivity (Wildman–Crippen MR) is 21.6 cm³/mol. The van der Waals surface area contributed by atoms with E-state index >= 15 is 0 Å². The van der Waals surface area contributed by atoms with Crippen LogP contribution in [0.1, 0.15) is 6.42 Å². The van der Waals surface area contributed by atoms with E-state index in [1.165, 1.54) is 0 Å². The third kappa shape index (κ3) is 1.61. The molecule has 1 aliphatic rings. The van der Waals surface area contributed by atoms with E-state index in [-0.39, 0.29) is 22.4 Å². The first-order valence-electron chi connectivity index (χ1n) is 1.72. The Labute approximate surface area is 53.4 Å². The molecule has 0 fully saturated rings. The molecule has 0 aromatic carbocycles. The Morgan fingerprint density at radius 1 is 1.50 bits per heavy atom. The van der Waals surface area contributed by atoms with Crippen LogP contribution in [0.15, 0.2) is 18.2 Å². The van der Waals surface area contributed by atoms with Crippen molar-refractivity contribution in [3.05, 3.63) is 24.3 Å². The van der Waals surface area contributed by atoms with E-state index in [4.69, 9.17) is 0 Å². The monoisotopic (exact) mass is 246 g/mol. The largest absolute Gasteiger partial charge is 2.00 e. The second kappa shape index (κ2) is 3.41. The van der Waals surface area contributed by atoms with Crippen LogP contribution in [-0.2, 0) is 22.4 Å². The third-order valence-electron chi connectivity index (χ3n) is 0.586. The van der Waals surface area contributed by atoms with E-state index in [1.54, 1.807) is 0 Å². The fourth-order valence-electron chi connectivity index (χ4n) is 0.340. The Kier molecular flexibility index (Phi) is 3.54. The maximum atomic E-state index is 2.99. The summed E-state index contributed by atoms with van der Waals surface area (Å²) in [6, 6.07) is 0. The van der Waals surface area contributed by atoms with Crippen molar-refractivity contribution in [3.63, 3.8) is 0 Å². The quantitative estimate of drug-likeness (QED) is 0.565. The van der Waals surface area contributed by atoms with E-state index < -0.39 is 0 Å². The molecule has 1 heteroatoms. The van der Waals surface area contributed by atoms with Gasteiger partial charge in [-0.3, -0.25) is 6.08 Å². The molecule has 0 saturated carbocycles. The summed E-state index contributed by atoms with van der Waals surface area (Å²) in [6.07, 6.45) is 10.0. The summed E-state index contributed by atoms with van der Waals surface area (Å²) in [4.78, 5) is 0. The molecule has 0 amide bonds. The minimum absolute atomic E-state index is 0. The maximum Gasteiger partial charge on any atom is 2.00 e. The van der Waals surface area contributed by atoms with Crippen LogP contribution in [0.3, 0.4) is 0 Å². The van der Waals surface area contributed by atoms with Gasteiger partial charge >= 0.3 is 22.4 Å². The molecule has 29 valence electrons. The Morgan fingerprint density at radius 2 is 2.33 bits per heavy atom. The van der Waals surface area contributed by atoms with Crippen molar-refractivity contribution in [1.82, 2.24) is 0 Å². The first-order valence-corrected chi connectivity index (χ1v) is 1.72. The average molecular weight is 246 g/mol. The van der Waals surface area contributed by atoms with Gasteiger partial charge in [0.15, 0.2) is 0 Å². The van der Waals surface area contributed by atoms with Crippen molar-refractivity contribution < 1.29 is 22.4 Å². The van der Waals surface area contributed by atoms with Gasteiger partial charge in [-0.15, -0.1) is 6.42 Å². The number of hydrogen-bond donors (Lipinski definition) is 0. The molecular weight excluding hydrogens is 241 g/mol. The number of allylic oxidation sites excluding steroid dienone is 4. The van der Waals surface area contributed by atoms with Crippen molar-refractivity contribution >= 4 is 0 Å². The van der Waals surface area contributed by atoms with Crippen LogP contribution < -0.4 is 0 Å². The normalized spacial score (nSPS) is 14.7. The van der Waals surface area contributed by atoms with Gasteiger partial charge in [-0.05, 0) is 0 Å². The third-order valence-corrected chi connectivity index (χ3v) is 0.586. The zero-order valence-electron chi connectivity index (χ0n) is 3.39. The molecule has 0 spiro atoms. The van der Waals surface area contributed by atoms with Gasteiger partial charge in [0.1, 0.15) is 0 Å². The minimum Gasteiger partial charge on any atom is -0.273 e. The Bertz CT molecular complexity index is 62.0. The SMILES string of the molecule is [C-]1=CC=CC1.[Ta+2]. The number of hydrogen-bond acceptors (Lipinski definition) is 0. The van der Waals surface area contributed by atoms with Crippen molar-refractivity contribution in [3.8, 4) is 0 Å². The molecule has 0 aromatic heterocycles. The van der Waals surface area contributed by atoms with Gasteiger partial charge in [0, 0.05) is 0 Å². The summed E-state index contributed by atoms with van der Waals surface area (Å²) < 4.78 is 0. The summed E-state index contributed by atoms with van der Waals surface area (Å²) >= 11 is 0. The molecule has 1 aliphatic carbocycles. The van der Waals surface area contributed by atoms with Gasteiger partial charge in [-0.1, -0.05) is 0 Å². The summed E-state index contributed by atoms with van der Waals surface area (Å²) in [5.41, 5.74) is 0. The first kappa shape index (κ1) is 6.22. The van der Waals surface area contributed by atoms with Gasteiger partial charge in [0.25, 0.3) is 0 Å². The van der Waals surface area contributed by atoms with E-state index in [0.717, 1.165) is 6.42 Å². The molecule has 0 unspecified atom stereocenters. The summed E-state index contributed by atoms with van der Waals surface area (Å²) in [5, 5.41) is 0. The van der Waals surface area contributed by atoms with Gasteiger partial charge in [-0.2, -0.15) is 6.08 Å². The molecule has 6 heavy (non-hydrogen) atoms. The van der Waals surface area contributed by atoms with Crippen molar-refractivity contribution in [1.29, 1.82) is 0 Å². The molecule has 0 heterocycles. The molecule has 0 aliphatic heterocycles. The van der Waals surface area contributed by atoms with Gasteiger partial charge in [0.05, 0.1) is 0 Å². The second-order valence-electron chi connectivity index (χ2n) is 1.00. The van der Waals surface area contributed by atoms with Crippen LogP contribution in [0.4, 0.5) is 0 Å². The standard InChI is InChI=1S/C5H5.Ta/c1-2-4-5-3-1;/h1-3H,4H2;/q-1;+2. The predicted octanol–water partition coefficient (Wildman–Crippen LogP) is 1.30. The van der Waals surface area contributed by atoms with Gasteiger partial charge in [0.2, 0.25) is 0 Å². The number of rotatable bonds is 0. The van der Waals surface area contributed by atoms with E-state index in [9.17, 15) is 0 Å². The van der Waals surface area contributed by atoms with Gasteiger partial charge < -0.3 is 0 Å². The molecule has 0 N–H and O–H groups in total. The van der Waals surface area contributed by atoms with Crippen LogP contribution in [0.5, 0.6) is 0 Å². The molecule has 0 atom stereocenters. The summed E-state index contributed by atoms with van der Waals surface area (Å²) in [7, 11) is 0. The molecule has 0 aromatic rings. The fourth-order valence-corrected chi connectivity index (χ4v) is 0.340. The summed E-state index contributed by atoms with van der Waals surface area (Å²) in [5.74, 6) is 0.